The molecule has 2 fully saturated rings. The average molecular weight is 714 g/mol. The number of rotatable bonds is 15. The Hall–Kier alpha value is -3.55. The summed E-state index contributed by atoms with van der Waals surface area (Å²) in [5.74, 6) is -1.43. The number of hydrogen-bond donors (Lipinski definition) is 3. The smallest absolute Gasteiger partial charge is 0.306 e. The monoisotopic (exact) mass is 713 g/mol. The number of carbonyl (C=O) groups is 4. The zero-order chi connectivity index (χ0) is 36.5. The molecule has 0 bridgehead atoms. The van der Waals surface area contributed by atoms with E-state index in [0.717, 1.165) is 37.8 Å². The number of piperidine rings is 1. The maximum absolute atomic E-state index is 14.1. The van der Waals surface area contributed by atoms with Gasteiger partial charge in [-0.25, -0.2) is 4.98 Å². The van der Waals surface area contributed by atoms with E-state index in [1.54, 1.807) is 24.3 Å². The number of carboxylic acid groups (broad SMARTS) is 1. The van der Waals surface area contributed by atoms with Crippen molar-refractivity contribution in [3.05, 3.63) is 45.9 Å². The van der Waals surface area contributed by atoms with E-state index >= 15 is 0 Å². The lowest BCUT2D eigenvalue weighted by Crippen LogP contribution is -2.60. The zero-order valence-corrected chi connectivity index (χ0v) is 31.3. The molecule has 3 amide bonds. The number of ether oxygens (including phenoxy) is 2. The van der Waals surface area contributed by atoms with Crippen molar-refractivity contribution in [2.75, 3.05) is 27.4 Å². The van der Waals surface area contributed by atoms with Crippen LogP contribution in [0.5, 0.6) is 5.75 Å². The van der Waals surface area contributed by atoms with Gasteiger partial charge in [-0.15, -0.1) is 11.3 Å². The SMILES string of the molecule is CCC(C)C(NC(=O)C1CCCCN1C)C(=O)N1COC(c2nc(C(=O)NC(Cc3ccc(OC)cc3)CC(C)C(=O)O)cs2)CC1C(C)C. The number of carbonyl (C=O) groups excluding carboxylic acids is 3. The molecule has 0 spiro atoms. The summed E-state index contributed by atoms with van der Waals surface area (Å²) in [6, 6.07) is 5.99. The minimum atomic E-state index is -0.925. The van der Waals surface area contributed by atoms with Crippen LogP contribution in [0.1, 0.15) is 100 Å². The molecule has 12 nitrogen and oxygen atoms in total. The molecule has 50 heavy (non-hydrogen) atoms. The Morgan fingerprint density at radius 1 is 1.10 bits per heavy atom. The number of nitrogens with one attached hydrogen (secondary N) is 2. The third-order valence-corrected chi connectivity index (χ3v) is 11.2. The molecule has 3 N–H and O–H groups in total. The highest BCUT2D eigenvalue weighted by Crippen LogP contribution is 2.35. The third kappa shape index (κ3) is 10.0. The van der Waals surface area contributed by atoms with Gasteiger partial charge >= 0.3 is 5.97 Å². The van der Waals surface area contributed by atoms with Gasteiger partial charge in [0.2, 0.25) is 11.8 Å². The number of hydrogen-bond acceptors (Lipinski definition) is 9. The van der Waals surface area contributed by atoms with Gasteiger partial charge < -0.3 is 30.1 Å². The predicted octanol–water partition coefficient (Wildman–Crippen LogP) is 4.89. The lowest BCUT2D eigenvalue weighted by atomic mass is 9.91. The summed E-state index contributed by atoms with van der Waals surface area (Å²) in [6.07, 6.45) is 4.38. The molecule has 7 atom stereocenters. The normalized spacial score (nSPS) is 22.3. The fourth-order valence-electron chi connectivity index (χ4n) is 6.80. The van der Waals surface area contributed by atoms with Gasteiger partial charge in [-0.2, -0.15) is 0 Å². The summed E-state index contributed by atoms with van der Waals surface area (Å²) in [4.78, 5) is 61.1. The molecule has 7 unspecified atom stereocenters. The summed E-state index contributed by atoms with van der Waals surface area (Å²) in [6.45, 7) is 10.7. The highest BCUT2D eigenvalue weighted by atomic mass is 32.1. The Balaban J connectivity index is 1.44. The maximum atomic E-state index is 14.1. The van der Waals surface area contributed by atoms with Crippen molar-refractivity contribution in [3.8, 4) is 5.75 Å². The number of nitrogens with zero attached hydrogens (tertiary/aromatic N) is 3. The Morgan fingerprint density at radius 3 is 2.44 bits per heavy atom. The van der Waals surface area contributed by atoms with Crippen LogP contribution in [0, 0.1) is 17.8 Å². The van der Waals surface area contributed by atoms with E-state index in [1.807, 2.05) is 45.2 Å². The number of benzene rings is 1. The number of aliphatic carboxylic acids is 1. The van der Waals surface area contributed by atoms with Gasteiger partial charge in [0.15, 0.2) is 0 Å². The van der Waals surface area contributed by atoms with Crippen LogP contribution in [-0.2, 0) is 25.5 Å². The first-order chi connectivity index (χ1) is 23.8. The van der Waals surface area contributed by atoms with Crippen molar-refractivity contribution in [2.45, 2.75) is 110 Å². The molecule has 2 aliphatic rings. The van der Waals surface area contributed by atoms with Crippen LogP contribution in [-0.4, -0.2) is 95.2 Å². The van der Waals surface area contributed by atoms with Crippen LogP contribution in [0.2, 0.25) is 0 Å². The maximum Gasteiger partial charge on any atom is 0.306 e. The van der Waals surface area contributed by atoms with Gasteiger partial charge in [-0.1, -0.05) is 59.6 Å². The van der Waals surface area contributed by atoms with E-state index in [9.17, 15) is 24.3 Å². The Kier molecular flexibility index (Phi) is 14.2. The highest BCUT2D eigenvalue weighted by Gasteiger charge is 2.41. The van der Waals surface area contributed by atoms with E-state index < -0.39 is 30.1 Å². The fourth-order valence-corrected chi connectivity index (χ4v) is 7.65. The third-order valence-electron chi connectivity index (χ3n) is 10.2. The van der Waals surface area contributed by atoms with Crippen molar-refractivity contribution >= 4 is 35.0 Å². The van der Waals surface area contributed by atoms with Gasteiger partial charge in [0, 0.05) is 23.9 Å². The number of likely N-dealkylation sites (N-methyl/N-ethyl adjacent to an activating group) is 1. The summed E-state index contributed by atoms with van der Waals surface area (Å²) < 4.78 is 11.5. The van der Waals surface area contributed by atoms with E-state index in [4.69, 9.17) is 9.47 Å². The molecule has 2 aliphatic heterocycles. The van der Waals surface area contributed by atoms with E-state index in [2.05, 4.69) is 34.4 Å². The molecule has 3 heterocycles. The molecular weight excluding hydrogens is 659 g/mol. The van der Waals surface area contributed by atoms with Gasteiger partial charge in [0.05, 0.1) is 19.1 Å². The first kappa shape index (κ1) is 39.2. The topological polar surface area (TPSA) is 150 Å². The molecule has 0 radical (unpaired) electrons. The fraction of sp³-hybridized carbons (Fsp3) is 0.649. The minimum absolute atomic E-state index is 0.0522. The second-order valence-electron chi connectivity index (χ2n) is 14.3. The van der Waals surface area contributed by atoms with Crippen molar-refractivity contribution in [1.82, 2.24) is 25.4 Å². The minimum Gasteiger partial charge on any atom is -0.497 e. The van der Waals surface area contributed by atoms with Crippen molar-refractivity contribution in [2.24, 2.45) is 17.8 Å². The second kappa shape index (κ2) is 18.1. The van der Waals surface area contributed by atoms with Gasteiger partial charge in [0.25, 0.3) is 5.91 Å². The van der Waals surface area contributed by atoms with E-state index in [0.29, 0.717) is 23.6 Å². The number of methoxy groups -OCH3 is 1. The van der Waals surface area contributed by atoms with E-state index in [-0.39, 0.29) is 60.5 Å². The molecular formula is C37H55N5O7S. The molecule has 0 aliphatic carbocycles. The summed E-state index contributed by atoms with van der Waals surface area (Å²) in [5.41, 5.74) is 1.18. The van der Waals surface area contributed by atoms with Crippen LogP contribution < -0.4 is 15.4 Å². The number of amides is 3. The lowest BCUT2D eigenvalue weighted by molar-refractivity contribution is -0.162. The predicted molar refractivity (Wildman–Crippen MR) is 192 cm³/mol. The second-order valence-corrected chi connectivity index (χ2v) is 15.2. The highest BCUT2D eigenvalue weighted by molar-refractivity contribution is 7.09. The first-order valence-corrected chi connectivity index (χ1v) is 18.7. The van der Waals surface area contributed by atoms with Crippen molar-refractivity contribution in [3.63, 3.8) is 0 Å². The number of carboxylic acids is 1. The quantitative estimate of drug-likeness (QED) is 0.235. The van der Waals surface area contributed by atoms with Crippen LogP contribution in [0.4, 0.5) is 0 Å². The molecule has 2 aromatic rings. The first-order valence-electron chi connectivity index (χ1n) is 17.9. The summed E-state index contributed by atoms with van der Waals surface area (Å²) in [5, 5.41) is 18.0. The van der Waals surface area contributed by atoms with Crippen molar-refractivity contribution in [1.29, 1.82) is 0 Å². The number of likely N-dealkylation sites (tertiary alicyclic amines) is 1. The van der Waals surface area contributed by atoms with Crippen molar-refractivity contribution < 1.29 is 33.8 Å². The largest absolute Gasteiger partial charge is 0.497 e. The van der Waals surface area contributed by atoms with Crippen LogP contribution in [0.15, 0.2) is 29.6 Å². The summed E-state index contributed by atoms with van der Waals surface area (Å²) in [7, 11) is 3.55. The molecule has 1 aromatic heterocycles. The molecule has 276 valence electrons. The summed E-state index contributed by atoms with van der Waals surface area (Å²) >= 11 is 1.33. The Morgan fingerprint density at radius 2 is 1.82 bits per heavy atom. The van der Waals surface area contributed by atoms with Crippen LogP contribution >= 0.6 is 11.3 Å². The molecule has 2 saturated heterocycles. The lowest BCUT2D eigenvalue weighted by Gasteiger charge is -2.43. The zero-order valence-electron chi connectivity index (χ0n) is 30.5. The molecule has 1 aromatic carbocycles. The van der Waals surface area contributed by atoms with Gasteiger partial charge in [-0.05, 0) is 68.8 Å². The van der Waals surface area contributed by atoms with Gasteiger partial charge in [0.1, 0.15) is 35.3 Å². The standard InChI is InChI=1S/C37H55N5O7S/c1-8-23(4)32(40-34(44)29-11-9-10-16-41(29)6)36(45)42-21-49-31(19-30(42)22(2)3)35-39-28(20-50-35)33(43)38-26(17-24(5)37(46)47)18-25-12-14-27(48-7)15-13-25/h12-15,20,22-24,26,29-32H,8-11,16-19,21H2,1-7H3,(H,38,43)(H,40,44)(H,46,47). The average Bonchev–Trinajstić information content (AvgIpc) is 3.61. The molecule has 4 rings (SSSR count). The van der Waals surface area contributed by atoms with Gasteiger partial charge in [-0.3, -0.25) is 24.1 Å². The Bertz CT molecular complexity index is 1450. The molecule has 13 heteroatoms. The van der Waals surface area contributed by atoms with E-state index in [1.165, 1.54) is 11.3 Å². The molecule has 0 saturated carbocycles. The number of aromatic nitrogens is 1. The number of thiazole rings is 1. The van der Waals surface area contributed by atoms with Crippen LogP contribution in [0.25, 0.3) is 0 Å². The van der Waals surface area contributed by atoms with Crippen LogP contribution in [0.3, 0.4) is 0 Å². The Labute approximate surface area is 300 Å².